The molecule has 1 N–H and O–H groups in total. The van der Waals surface area contributed by atoms with Crippen LogP contribution in [-0.4, -0.2) is 11.5 Å². The van der Waals surface area contributed by atoms with Crippen LogP contribution in [0.25, 0.3) is 0 Å². The highest BCUT2D eigenvalue weighted by atomic mass is 35.5. The van der Waals surface area contributed by atoms with Crippen LogP contribution in [0.1, 0.15) is 25.8 Å². The van der Waals surface area contributed by atoms with Gasteiger partial charge in [0.15, 0.2) is 0 Å². The summed E-state index contributed by atoms with van der Waals surface area (Å²) >= 11 is 5.99. The number of nitro benzene ring substituents is 1. The van der Waals surface area contributed by atoms with Gasteiger partial charge >= 0.3 is 0 Å². The molecular weight excluding hydrogens is 240 g/mol. The van der Waals surface area contributed by atoms with E-state index in [-0.39, 0.29) is 5.69 Å². The van der Waals surface area contributed by atoms with Crippen LogP contribution in [0.2, 0.25) is 5.02 Å². The average molecular weight is 257 g/mol. The van der Waals surface area contributed by atoms with E-state index in [2.05, 4.69) is 19.2 Å². The van der Waals surface area contributed by atoms with Gasteiger partial charge in [-0.15, -0.1) is 0 Å². The predicted molar refractivity (Wildman–Crippen MR) is 69.3 cm³/mol. The number of non-ortho nitro benzene ring substituents is 1. The van der Waals surface area contributed by atoms with Crippen molar-refractivity contribution >= 4 is 17.3 Å². The SMILES string of the molecule is CCC(C)CNCc1cc([N+](=O)[O-])ccc1Cl. The zero-order chi connectivity index (χ0) is 12.8. The molecule has 0 aliphatic rings. The van der Waals surface area contributed by atoms with Crippen molar-refractivity contribution in [1.29, 1.82) is 0 Å². The Morgan fingerprint density at radius 3 is 2.82 bits per heavy atom. The normalized spacial score (nSPS) is 12.4. The van der Waals surface area contributed by atoms with Gasteiger partial charge in [-0.25, -0.2) is 0 Å². The smallest absolute Gasteiger partial charge is 0.269 e. The first kappa shape index (κ1) is 13.9. The van der Waals surface area contributed by atoms with E-state index in [1.807, 2.05) is 0 Å². The van der Waals surface area contributed by atoms with Crippen molar-refractivity contribution in [2.75, 3.05) is 6.54 Å². The van der Waals surface area contributed by atoms with E-state index >= 15 is 0 Å². The zero-order valence-electron chi connectivity index (χ0n) is 10.1. The van der Waals surface area contributed by atoms with Gasteiger partial charge in [-0.2, -0.15) is 0 Å². The molecule has 0 radical (unpaired) electrons. The maximum absolute atomic E-state index is 10.6. The molecule has 0 saturated carbocycles. The largest absolute Gasteiger partial charge is 0.312 e. The fourth-order valence-electron chi connectivity index (χ4n) is 1.41. The Kier molecular flexibility index (Phi) is 5.38. The van der Waals surface area contributed by atoms with Gasteiger partial charge in [-0.05, 0) is 24.1 Å². The zero-order valence-corrected chi connectivity index (χ0v) is 10.8. The number of benzene rings is 1. The van der Waals surface area contributed by atoms with Crippen LogP contribution in [0.4, 0.5) is 5.69 Å². The van der Waals surface area contributed by atoms with Crippen molar-refractivity contribution in [1.82, 2.24) is 5.32 Å². The second-order valence-corrected chi connectivity index (χ2v) is 4.58. The predicted octanol–water partition coefficient (Wildman–Crippen LogP) is 3.38. The topological polar surface area (TPSA) is 55.2 Å². The molecule has 0 fully saturated rings. The summed E-state index contributed by atoms with van der Waals surface area (Å²) in [7, 11) is 0. The molecule has 5 heteroatoms. The van der Waals surface area contributed by atoms with Crippen molar-refractivity contribution < 1.29 is 4.92 Å². The first-order valence-electron chi connectivity index (χ1n) is 5.68. The number of rotatable bonds is 6. The molecule has 0 aliphatic heterocycles. The molecule has 1 aromatic carbocycles. The summed E-state index contributed by atoms with van der Waals surface area (Å²) in [6, 6.07) is 4.51. The highest BCUT2D eigenvalue weighted by molar-refractivity contribution is 6.31. The number of hydrogen-bond acceptors (Lipinski definition) is 3. The number of halogens is 1. The molecule has 1 unspecified atom stereocenters. The Morgan fingerprint density at radius 1 is 1.53 bits per heavy atom. The van der Waals surface area contributed by atoms with Gasteiger partial charge in [-0.3, -0.25) is 10.1 Å². The maximum atomic E-state index is 10.6. The quantitative estimate of drug-likeness (QED) is 0.627. The lowest BCUT2D eigenvalue weighted by Gasteiger charge is -2.10. The summed E-state index contributed by atoms with van der Waals surface area (Å²) in [5.41, 5.74) is 0.846. The molecule has 0 spiro atoms. The van der Waals surface area contributed by atoms with Gasteiger partial charge in [0.25, 0.3) is 5.69 Å². The number of nitrogens with one attached hydrogen (secondary N) is 1. The van der Waals surface area contributed by atoms with Gasteiger partial charge in [0.1, 0.15) is 0 Å². The lowest BCUT2D eigenvalue weighted by atomic mass is 10.1. The highest BCUT2D eigenvalue weighted by Gasteiger charge is 2.09. The summed E-state index contributed by atoms with van der Waals surface area (Å²) in [5, 5.41) is 14.4. The lowest BCUT2D eigenvalue weighted by Crippen LogP contribution is -2.20. The van der Waals surface area contributed by atoms with Crippen LogP contribution in [0.3, 0.4) is 0 Å². The van der Waals surface area contributed by atoms with Gasteiger partial charge in [-0.1, -0.05) is 31.9 Å². The molecule has 4 nitrogen and oxygen atoms in total. The van der Waals surface area contributed by atoms with Crippen LogP contribution in [0.15, 0.2) is 18.2 Å². The fraction of sp³-hybridized carbons (Fsp3) is 0.500. The lowest BCUT2D eigenvalue weighted by molar-refractivity contribution is -0.384. The maximum Gasteiger partial charge on any atom is 0.269 e. The van der Waals surface area contributed by atoms with Crippen molar-refractivity contribution in [2.45, 2.75) is 26.8 Å². The molecule has 0 aromatic heterocycles. The molecule has 0 saturated heterocycles. The van der Waals surface area contributed by atoms with Crippen molar-refractivity contribution in [2.24, 2.45) is 5.92 Å². The van der Waals surface area contributed by atoms with E-state index < -0.39 is 4.92 Å². The molecule has 1 rings (SSSR count). The third-order valence-electron chi connectivity index (χ3n) is 2.75. The second-order valence-electron chi connectivity index (χ2n) is 4.18. The van der Waals surface area contributed by atoms with Crippen molar-refractivity contribution in [3.63, 3.8) is 0 Å². The van der Waals surface area contributed by atoms with Crippen LogP contribution in [0, 0.1) is 16.0 Å². The second kappa shape index (κ2) is 6.57. The minimum atomic E-state index is -0.408. The third-order valence-corrected chi connectivity index (χ3v) is 3.11. The molecule has 94 valence electrons. The van der Waals surface area contributed by atoms with Crippen LogP contribution in [-0.2, 0) is 6.54 Å². The summed E-state index contributed by atoms with van der Waals surface area (Å²) in [5.74, 6) is 0.590. The van der Waals surface area contributed by atoms with E-state index in [4.69, 9.17) is 11.6 Å². The molecule has 0 amide bonds. The molecule has 1 aromatic rings. The average Bonchev–Trinajstić information content (AvgIpc) is 2.30. The third kappa shape index (κ3) is 4.32. The Morgan fingerprint density at radius 2 is 2.24 bits per heavy atom. The molecule has 0 bridgehead atoms. The van der Waals surface area contributed by atoms with Crippen LogP contribution >= 0.6 is 11.6 Å². The van der Waals surface area contributed by atoms with Gasteiger partial charge in [0.05, 0.1) is 4.92 Å². The van der Waals surface area contributed by atoms with Crippen molar-refractivity contribution in [3.05, 3.63) is 38.9 Å². The summed E-state index contributed by atoms with van der Waals surface area (Å²) in [6.07, 6.45) is 1.11. The summed E-state index contributed by atoms with van der Waals surface area (Å²) in [6.45, 7) is 5.73. The molecule has 1 atom stereocenters. The first-order chi connectivity index (χ1) is 8.04. The molecular formula is C12H17ClN2O2. The van der Waals surface area contributed by atoms with Crippen molar-refractivity contribution in [3.8, 4) is 0 Å². The fourth-order valence-corrected chi connectivity index (χ4v) is 1.59. The van der Waals surface area contributed by atoms with E-state index in [1.54, 1.807) is 6.07 Å². The Balaban J connectivity index is 2.63. The Bertz CT molecular complexity index is 396. The summed E-state index contributed by atoms with van der Waals surface area (Å²) < 4.78 is 0. The number of nitro groups is 1. The minimum absolute atomic E-state index is 0.0785. The molecule has 0 heterocycles. The first-order valence-corrected chi connectivity index (χ1v) is 6.06. The van der Waals surface area contributed by atoms with Gasteiger partial charge < -0.3 is 5.32 Å². The standard InChI is InChI=1S/C12H17ClN2O2/c1-3-9(2)7-14-8-10-6-11(15(16)17)4-5-12(10)13/h4-6,9,14H,3,7-8H2,1-2H3. The van der Waals surface area contributed by atoms with Gasteiger partial charge in [0, 0.05) is 23.7 Å². The van der Waals surface area contributed by atoms with Crippen LogP contribution < -0.4 is 5.32 Å². The summed E-state index contributed by atoms with van der Waals surface area (Å²) in [4.78, 5) is 10.2. The van der Waals surface area contributed by atoms with E-state index in [0.29, 0.717) is 17.5 Å². The van der Waals surface area contributed by atoms with Gasteiger partial charge in [0.2, 0.25) is 0 Å². The van der Waals surface area contributed by atoms with E-state index in [0.717, 1.165) is 18.5 Å². The van der Waals surface area contributed by atoms with Crippen LogP contribution in [0.5, 0.6) is 0 Å². The monoisotopic (exact) mass is 256 g/mol. The van der Waals surface area contributed by atoms with E-state index in [1.165, 1.54) is 12.1 Å². The van der Waals surface area contributed by atoms with E-state index in [9.17, 15) is 10.1 Å². The molecule has 17 heavy (non-hydrogen) atoms. The minimum Gasteiger partial charge on any atom is -0.312 e. The number of nitrogens with zero attached hydrogens (tertiary/aromatic N) is 1. The highest BCUT2D eigenvalue weighted by Crippen LogP contribution is 2.21. The Labute approximate surface area is 106 Å². The number of hydrogen-bond donors (Lipinski definition) is 1. The molecule has 0 aliphatic carbocycles. The Hall–Kier alpha value is -1.13.